The van der Waals surface area contributed by atoms with Gasteiger partial charge in [-0.15, -0.1) is 5.10 Å². The molecule has 1 aliphatic heterocycles. The number of amides is 1. The van der Waals surface area contributed by atoms with Crippen molar-refractivity contribution >= 4 is 40.5 Å². The zero-order chi connectivity index (χ0) is 29.3. The predicted molar refractivity (Wildman–Crippen MR) is 150 cm³/mol. The Hall–Kier alpha value is -4.03. The lowest BCUT2D eigenvalue weighted by atomic mass is 9.93. The van der Waals surface area contributed by atoms with E-state index in [9.17, 15) is 19.3 Å². The molecule has 214 valence electrons. The molecule has 0 saturated carbocycles. The second-order valence-corrected chi connectivity index (χ2v) is 10.7. The monoisotopic (exact) mass is 601 g/mol. The molecule has 11 nitrogen and oxygen atoms in total. The molecule has 0 unspecified atom stereocenters. The highest BCUT2D eigenvalue weighted by atomic mass is 35.5. The van der Waals surface area contributed by atoms with Crippen molar-refractivity contribution in [3.05, 3.63) is 96.3 Å². The molecule has 1 aliphatic rings. The van der Waals surface area contributed by atoms with Crippen LogP contribution < -0.4 is 5.32 Å². The summed E-state index contributed by atoms with van der Waals surface area (Å²) >= 11 is 11.8. The molecule has 0 radical (unpaired) electrons. The standard InChI is InChI=1S/C27H26Cl2FN7O4/c1-15-4-3-5-16(2)25(15)31-12-18-13-36(34-32-18)14-19-10-22(33-41-19)17-6-8-35(9-7-17)27(38)20-11-21(30)24(29)26(23(20)28)37(39)40/h3-5,10-11,13,17,31H,6-9,12,14H2,1-2H3. The van der Waals surface area contributed by atoms with E-state index in [0.29, 0.717) is 44.8 Å². The number of benzene rings is 2. The van der Waals surface area contributed by atoms with Gasteiger partial charge in [-0.25, -0.2) is 9.07 Å². The van der Waals surface area contributed by atoms with Crippen LogP contribution in [0.5, 0.6) is 0 Å². The molecule has 1 amide bonds. The molecule has 1 N–H and O–H groups in total. The van der Waals surface area contributed by atoms with Crippen molar-refractivity contribution in [1.29, 1.82) is 0 Å². The smallest absolute Gasteiger partial charge is 0.310 e. The van der Waals surface area contributed by atoms with E-state index in [4.69, 9.17) is 27.7 Å². The molecule has 4 aromatic rings. The van der Waals surface area contributed by atoms with Crippen molar-refractivity contribution in [3.63, 3.8) is 0 Å². The van der Waals surface area contributed by atoms with Gasteiger partial charge in [0.15, 0.2) is 10.8 Å². The minimum absolute atomic E-state index is 0.0381. The Kier molecular flexibility index (Phi) is 8.22. The van der Waals surface area contributed by atoms with Gasteiger partial charge in [0.2, 0.25) is 0 Å². The maximum absolute atomic E-state index is 14.2. The van der Waals surface area contributed by atoms with Crippen LogP contribution in [-0.4, -0.2) is 49.0 Å². The van der Waals surface area contributed by atoms with Gasteiger partial charge in [0, 0.05) is 30.8 Å². The first-order valence-corrected chi connectivity index (χ1v) is 13.6. The number of nitrogens with one attached hydrogen (secondary N) is 1. The van der Waals surface area contributed by atoms with E-state index < -0.39 is 32.4 Å². The van der Waals surface area contributed by atoms with Crippen LogP contribution in [0.4, 0.5) is 15.8 Å². The Morgan fingerprint density at radius 2 is 1.90 bits per heavy atom. The maximum Gasteiger partial charge on any atom is 0.310 e. The van der Waals surface area contributed by atoms with Crippen LogP contribution >= 0.6 is 23.2 Å². The second-order valence-electron chi connectivity index (χ2n) is 9.95. The summed E-state index contributed by atoms with van der Waals surface area (Å²) in [6, 6.07) is 8.84. The number of para-hydroxylation sites is 1. The van der Waals surface area contributed by atoms with E-state index in [1.807, 2.05) is 18.3 Å². The number of aryl methyl sites for hydroxylation is 2. The molecular formula is C27H26Cl2FN7O4. The largest absolute Gasteiger partial charge is 0.379 e. The summed E-state index contributed by atoms with van der Waals surface area (Å²) in [6.07, 6.45) is 3.00. The van der Waals surface area contributed by atoms with E-state index in [1.165, 1.54) is 4.90 Å². The molecule has 2 aromatic heterocycles. The Bertz CT molecular complexity index is 1590. The molecule has 0 atom stereocenters. The average Bonchev–Trinajstić information content (AvgIpc) is 3.60. The fourth-order valence-electron chi connectivity index (χ4n) is 4.98. The van der Waals surface area contributed by atoms with Crippen molar-refractivity contribution < 1.29 is 18.6 Å². The molecule has 3 heterocycles. The fourth-order valence-corrected chi connectivity index (χ4v) is 5.54. The van der Waals surface area contributed by atoms with Gasteiger partial charge < -0.3 is 14.7 Å². The normalized spacial score (nSPS) is 13.9. The van der Waals surface area contributed by atoms with Crippen LogP contribution in [0.3, 0.4) is 0 Å². The number of nitro benzene ring substituents is 1. The molecule has 2 aromatic carbocycles. The van der Waals surface area contributed by atoms with Gasteiger partial charge in [-0.1, -0.05) is 51.8 Å². The van der Waals surface area contributed by atoms with E-state index >= 15 is 0 Å². The summed E-state index contributed by atoms with van der Waals surface area (Å²) < 4.78 is 21.4. The first-order valence-electron chi connectivity index (χ1n) is 12.9. The molecule has 1 saturated heterocycles. The van der Waals surface area contributed by atoms with Crippen molar-refractivity contribution in [1.82, 2.24) is 25.1 Å². The summed E-state index contributed by atoms with van der Waals surface area (Å²) in [4.78, 5) is 24.9. The average molecular weight is 602 g/mol. The number of rotatable bonds is 8. The van der Waals surface area contributed by atoms with Gasteiger partial charge in [-0.3, -0.25) is 14.9 Å². The molecule has 5 rings (SSSR count). The Labute approximate surface area is 244 Å². The number of nitro groups is 1. The SMILES string of the molecule is Cc1cccc(C)c1NCc1cn(Cc2cc(C3CCN(C(=O)c4cc(F)c(Cl)c([N+](=O)[O-])c4Cl)CC3)no2)nn1. The number of aromatic nitrogens is 4. The molecule has 1 fully saturated rings. The predicted octanol–water partition coefficient (Wildman–Crippen LogP) is 5.92. The summed E-state index contributed by atoms with van der Waals surface area (Å²) in [5.74, 6) is -1.01. The zero-order valence-electron chi connectivity index (χ0n) is 22.2. The third-order valence-electron chi connectivity index (χ3n) is 7.15. The van der Waals surface area contributed by atoms with E-state index in [1.54, 1.807) is 4.68 Å². The van der Waals surface area contributed by atoms with Gasteiger partial charge in [0.25, 0.3) is 5.91 Å². The van der Waals surface area contributed by atoms with Gasteiger partial charge >= 0.3 is 5.69 Å². The summed E-state index contributed by atoms with van der Waals surface area (Å²) in [5.41, 5.74) is 3.84. The van der Waals surface area contributed by atoms with Gasteiger partial charge in [0.05, 0.1) is 28.9 Å². The lowest BCUT2D eigenvalue weighted by Crippen LogP contribution is -2.38. The van der Waals surface area contributed by atoms with Crippen LogP contribution in [0.15, 0.2) is 41.1 Å². The molecule has 41 heavy (non-hydrogen) atoms. The lowest BCUT2D eigenvalue weighted by Gasteiger charge is -2.31. The zero-order valence-corrected chi connectivity index (χ0v) is 23.7. The highest BCUT2D eigenvalue weighted by molar-refractivity contribution is 6.40. The minimum atomic E-state index is -1.08. The number of nitrogens with zero attached hydrogens (tertiary/aromatic N) is 6. The number of hydrogen-bond acceptors (Lipinski definition) is 8. The maximum atomic E-state index is 14.2. The van der Waals surface area contributed by atoms with Crippen LogP contribution in [0.25, 0.3) is 0 Å². The van der Waals surface area contributed by atoms with E-state index in [-0.39, 0.29) is 11.5 Å². The van der Waals surface area contributed by atoms with Crippen LogP contribution in [-0.2, 0) is 13.1 Å². The third-order valence-corrected chi connectivity index (χ3v) is 7.90. The molecular weight excluding hydrogens is 576 g/mol. The number of hydrogen-bond donors (Lipinski definition) is 1. The number of carbonyl (C=O) groups is 1. The van der Waals surface area contributed by atoms with Gasteiger partial charge in [-0.2, -0.15) is 0 Å². The quantitative estimate of drug-likeness (QED) is 0.149. The second kappa shape index (κ2) is 11.8. The van der Waals surface area contributed by atoms with Gasteiger partial charge in [0.1, 0.15) is 23.1 Å². The third kappa shape index (κ3) is 6.03. The number of piperidine rings is 1. The van der Waals surface area contributed by atoms with Crippen LogP contribution in [0, 0.1) is 29.8 Å². The number of likely N-dealkylation sites (tertiary alicyclic amines) is 1. The summed E-state index contributed by atoms with van der Waals surface area (Å²) in [6.45, 7) is 5.67. The number of halogens is 3. The van der Waals surface area contributed by atoms with Gasteiger partial charge in [-0.05, 0) is 43.9 Å². The van der Waals surface area contributed by atoms with Crippen LogP contribution in [0.1, 0.15) is 57.4 Å². The molecule has 0 aliphatic carbocycles. The van der Waals surface area contributed by atoms with E-state index in [2.05, 4.69) is 46.8 Å². The Morgan fingerprint density at radius 1 is 1.20 bits per heavy atom. The molecule has 0 bridgehead atoms. The number of carbonyl (C=O) groups excluding carboxylic acids is 1. The van der Waals surface area contributed by atoms with Crippen molar-refractivity contribution in [3.8, 4) is 0 Å². The van der Waals surface area contributed by atoms with Crippen molar-refractivity contribution in [2.24, 2.45) is 0 Å². The topological polar surface area (TPSA) is 132 Å². The Balaban J connectivity index is 1.17. The van der Waals surface area contributed by atoms with Crippen LogP contribution in [0.2, 0.25) is 10.0 Å². The molecule has 0 spiro atoms. The first-order chi connectivity index (χ1) is 19.6. The summed E-state index contributed by atoms with van der Waals surface area (Å²) in [5, 5.41) is 26.1. The highest BCUT2D eigenvalue weighted by Gasteiger charge is 2.32. The fraction of sp³-hybridized carbons (Fsp3) is 0.333. The Morgan fingerprint density at radius 3 is 2.59 bits per heavy atom. The summed E-state index contributed by atoms with van der Waals surface area (Å²) in [7, 11) is 0. The number of anilines is 1. The van der Waals surface area contributed by atoms with Crippen molar-refractivity contribution in [2.75, 3.05) is 18.4 Å². The molecule has 14 heteroatoms. The minimum Gasteiger partial charge on any atom is -0.379 e. The first kappa shape index (κ1) is 28.5. The lowest BCUT2D eigenvalue weighted by molar-refractivity contribution is -0.384. The van der Waals surface area contributed by atoms with Crippen molar-refractivity contribution in [2.45, 2.75) is 45.7 Å². The highest BCUT2D eigenvalue weighted by Crippen LogP contribution is 2.38. The van der Waals surface area contributed by atoms with E-state index in [0.717, 1.165) is 34.3 Å².